The summed E-state index contributed by atoms with van der Waals surface area (Å²) in [7, 11) is 1.63. The maximum atomic E-state index is 12.1. The standard InChI is InChI=1S/C20H22N4O2S/c1-13(2)24-19(15-9-11-16(26-3)12-10-15)22-23-20(24)27-17(18(21)25)14-7-5-4-6-8-14/h4-13,17H,1-3H3,(H2,21,25)/t17-/m0/s1. The number of hydrogen-bond acceptors (Lipinski definition) is 5. The summed E-state index contributed by atoms with van der Waals surface area (Å²) < 4.78 is 7.24. The monoisotopic (exact) mass is 382 g/mol. The number of hydrogen-bond donors (Lipinski definition) is 1. The Morgan fingerprint density at radius 3 is 2.30 bits per heavy atom. The number of primary amides is 1. The van der Waals surface area contributed by atoms with Crippen molar-refractivity contribution in [3.8, 4) is 17.1 Å². The zero-order chi connectivity index (χ0) is 19.4. The summed E-state index contributed by atoms with van der Waals surface area (Å²) in [4.78, 5) is 12.1. The number of thioether (sulfide) groups is 1. The number of nitrogens with zero attached hydrogens (tertiary/aromatic N) is 3. The Bertz CT molecular complexity index is 907. The number of rotatable bonds is 7. The van der Waals surface area contributed by atoms with Crippen LogP contribution >= 0.6 is 11.8 Å². The molecule has 1 amide bonds. The Kier molecular flexibility index (Phi) is 5.81. The largest absolute Gasteiger partial charge is 0.497 e. The molecular weight excluding hydrogens is 360 g/mol. The molecular formula is C20H22N4O2S. The second kappa shape index (κ2) is 8.26. The summed E-state index contributed by atoms with van der Waals surface area (Å²) in [6.07, 6.45) is 0. The molecule has 0 saturated heterocycles. The molecule has 1 heterocycles. The molecule has 0 bridgehead atoms. The number of carbonyl (C=O) groups excluding carboxylic acids is 1. The summed E-state index contributed by atoms with van der Waals surface area (Å²) in [5.41, 5.74) is 7.44. The fourth-order valence-corrected chi connectivity index (χ4v) is 3.90. The van der Waals surface area contributed by atoms with Crippen molar-refractivity contribution in [3.05, 3.63) is 60.2 Å². The van der Waals surface area contributed by atoms with E-state index in [0.717, 1.165) is 22.7 Å². The maximum absolute atomic E-state index is 12.1. The van der Waals surface area contributed by atoms with Crippen molar-refractivity contribution in [3.63, 3.8) is 0 Å². The van der Waals surface area contributed by atoms with Gasteiger partial charge in [0, 0.05) is 11.6 Å². The first-order valence-electron chi connectivity index (χ1n) is 8.61. The molecule has 0 aliphatic rings. The van der Waals surface area contributed by atoms with E-state index in [1.807, 2.05) is 59.2 Å². The Labute approximate surface area is 162 Å². The predicted molar refractivity (Wildman–Crippen MR) is 107 cm³/mol. The van der Waals surface area contributed by atoms with E-state index in [4.69, 9.17) is 10.5 Å². The summed E-state index contributed by atoms with van der Waals surface area (Å²) in [5, 5.41) is 8.83. The molecule has 0 fully saturated rings. The van der Waals surface area contributed by atoms with Crippen LogP contribution in [0, 0.1) is 0 Å². The Hall–Kier alpha value is -2.80. The summed E-state index contributed by atoms with van der Waals surface area (Å²) >= 11 is 1.32. The first-order chi connectivity index (χ1) is 13.0. The van der Waals surface area contributed by atoms with Crippen LogP contribution in [0.15, 0.2) is 59.8 Å². The molecule has 140 valence electrons. The lowest BCUT2D eigenvalue weighted by Crippen LogP contribution is -2.19. The average Bonchev–Trinajstić information content (AvgIpc) is 3.10. The lowest BCUT2D eigenvalue weighted by molar-refractivity contribution is -0.117. The van der Waals surface area contributed by atoms with E-state index in [1.54, 1.807) is 7.11 Å². The van der Waals surface area contributed by atoms with Crippen molar-refractivity contribution in [1.29, 1.82) is 0 Å². The van der Waals surface area contributed by atoms with E-state index < -0.39 is 11.2 Å². The highest BCUT2D eigenvalue weighted by Crippen LogP contribution is 2.37. The van der Waals surface area contributed by atoms with Crippen LogP contribution in [0.3, 0.4) is 0 Å². The number of methoxy groups -OCH3 is 1. The van der Waals surface area contributed by atoms with Crippen molar-refractivity contribution >= 4 is 17.7 Å². The van der Waals surface area contributed by atoms with Gasteiger partial charge in [-0.2, -0.15) is 0 Å². The third-order valence-electron chi connectivity index (χ3n) is 4.11. The van der Waals surface area contributed by atoms with Crippen LogP contribution in [-0.4, -0.2) is 27.8 Å². The van der Waals surface area contributed by atoms with Crippen LogP contribution in [0.25, 0.3) is 11.4 Å². The van der Waals surface area contributed by atoms with E-state index in [9.17, 15) is 4.79 Å². The van der Waals surface area contributed by atoms with Crippen molar-refractivity contribution in [2.45, 2.75) is 30.3 Å². The second-order valence-corrected chi connectivity index (χ2v) is 7.38. The molecule has 0 aliphatic heterocycles. The third-order valence-corrected chi connectivity index (χ3v) is 5.34. The quantitative estimate of drug-likeness (QED) is 0.628. The van der Waals surface area contributed by atoms with Crippen molar-refractivity contribution < 1.29 is 9.53 Å². The molecule has 27 heavy (non-hydrogen) atoms. The van der Waals surface area contributed by atoms with Crippen LogP contribution in [0.5, 0.6) is 5.75 Å². The highest BCUT2D eigenvalue weighted by atomic mass is 32.2. The maximum Gasteiger partial charge on any atom is 0.235 e. The molecule has 0 aliphatic carbocycles. The van der Waals surface area contributed by atoms with Crippen molar-refractivity contribution in [2.24, 2.45) is 5.73 Å². The van der Waals surface area contributed by atoms with Gasteiger partial charge in [-0.25, -0.2) is 0 Å². The average molecular weight is 382 g/mol. The molecule has 1 aromatic heterocycles. The fourth-order valence-electron chi connectivity index (χ4n) is 2.78. The summed E-state index contributed by atoms with van der Waals surface area (Å²) in [6, 6.07) is 17.2. The van der Waals surface area contributed by atoms with Crippen LogP contribution in [0.2, 0.25) is 0 Å². The van der Waals surface area contributed by atoms with Crippen LogP contribution in [-0.2, 0) is 4.79 Å². The third kappa shape index (κ3) is 4.14. The predicted octanol–water partition coefficient (Wildman–Crippen LogP) is 3.85. The van der Waals surface area contributed by atoms with E-state index in [0.29, 0.717) is 5.16 Å². The van der Waals surface area contributed by atoms with Gasteiger partial charge >= 0.3 is 0 Å². The van der Waals surface area contributed by atoms with Gasteiger partial charge in [-0.05, 0) is 43.7 Å². The smallest absolute Gasteiger partial charge is 0.235 e. The molecule has 0 radical (unpaired) electrons. The second-order valence-electron chi connectivity index (χ2n) is 6.31. The van der Waals surface area contributed by atoms with Gasteiger partial charge in [-0.3, -0.25) is 9.36 Å². The fraction of sp³-hybridized carbons (Fsp3) is 0.250. The van der Waals surface area contributed by atoms with Crippen molar-refractivity contribution in [2.75, 3.05) is 7.11 Å². The molecule has 0 saturated carbocycles. The molecule has 7 heteroatoms. The topological polar surface area (TPSA) is 83.0 Å². The zero-order valence-electron chi connectivity index (χ0n) is 15.5. The first-order valence-corrected chi connectivity index (χ1v) is 9.49. The van der Waals surface area contributed by atoms with E-state index >= 15 is 0 Å². The highest BCUT2D eigenvalue weighted by Gasteiger charge is 2.25. The first kappa shape index (κ1) is 19.0. The zero-order valence-corrected chi connectivity index (χ0v) is 16.3. The summed E-state index contributed by atoms with van der Waals surface area (Å²) in [5.74, 6) is 1.11. The lowest BCUT2D eigenvalue weighted by Gasteiger charge is -2.17. The van der Waals surface area contributed by atoms with Gasteiger partial charge in [0.05, 0.1) is 7.11 Å². The molecule has 0 spiro atoms. The molecule has 3 aromatic rings. The van der Waals surface area contributed by atoms with Gasteiger partial charge in [0.2, 0.25) is 5.91 Å². The lowest BCUT2D eigenvalue weighted by atomic mass is 10.1. The minimum Gasteiger partial charge on any atom is -0.497 e. The van der Waals surface area contributed by atoms with Gasteiger partial charge in [0.25, 0.3) is 0 Å². The minimum absolute atomic E-state index is 0.115. The van der Waals surface area contributed by atoms with Gasteiger partial charge < -0.3 is 10.5 Å². The van der Waals surface area contributed by atoms with Crippen LogP contribution in [0.4, 0.5) is 0 Å². The van der Waals surface area contributed by atoms with E-state index in [2.05, 4.69) is 24.0 Å². The Morgan fingerprint density at radius 1 is 1.07 bits per heavy atom. The van der Waals surface area contributed by atoms with Crippen LogP contribution in [0.1, 0.15) is 30.7 Å². The molecule has 1 atom stereocenters. The number of nitrogens with two attached hydrogens (primary N) is 1. The Morgan fingerprint density at radius 2 is 1.74 bits per heavy atom. The van der Waals surface area contributed by atoms with Gasteiger partial charge in [0.1, 0.15) is 11.0 Å². The van der Waals surface area contributed by atoms with E-state index in [-0.39, 0.29) is 6.04 Å². The van der Waals surface area contributed by atoms with Crippen molar-refractivity contribution in [1.82, 2.24) is 14.8 Å². The van der Waals surface area contributed by atoms with Gasteiger partial charge in [0.15, 0.2) is 11.0 Å². The highest BCUT2D eigenvalue weighted by molar-refractivity contribution is 8.00. The molecule has 6 nitrogen and oxygen atoms in total. The number of carbonyl (C=O) groups is 1. The molecule has 3 rings (SSSR count). The van der Waals surface area contributed by atoms with Gasteiger partial charge in [-0.15, -0.1) is 10.2 Å². The van der Waals surface area contributed by atoms with E-state index in [1.165, 1.54) is 11.8 Å². The molecule has 0 unspecified atom stereocenters. The molecule has 2 aromatic carbocycles. The normalized spacial score (nSPS) is 12.1. The Balaban J connectivity index is 1.98. The number of benzene rings is 2. The number of amides is 1. The number of aromatic nitrogens is 3. The minimum atomic E-state index is -0.531. The summed E-state index contributed by atoms with van der Waals surface area (Å²) in [6.45, 7) is 4.12. The SMILES string of the molecule is COc1ccc(-c2nnc(S[C@H](C(N)=O)c3ccccc3)n2C(C)C)cc1. The van der Waals surface area contributed by atoms with Gasteiger partial charge in [-0.1, -0.05) is 42.1 Å². The van der Waals surface area contributed by atoms with Crippen LogP contribution < -0.4 is 10.5 Å². The number of ether oxygens (including phenoxy) is 1. The molecule has 2 N–H and O–H groups in total.